The lowest BCUT2D eigenvalue weighted by molar-refractivity contribution is 0.614. The van der Waals surface area contributed by atoms with E-state index in [0.717, 1.165) is 16.9 Å². The van der Waals surface area contributed by atoms with Gasteiger partial charge in [0.05, 0.1) is 11.8 Å². The van der Waals surface area contributed by atoms with Gasteiger partial charge in [-0.2, -0.15) is 0 Å². The molecular formula is C14H22N4. The molecule has 1 atom stereocenters. The first-order valence-electron chi connectivity index (χ1n) is 6.75. The van der Waals surface area contributed by atoms with Crippen LogP contribution in [0.1, 0.15) is 39.5 Å². The zero-order chi connectivity index (χ0) is 13.0. The molecule has 2 aromatic heterocycles. The number of hydrogen-bond acceptors (Lipinski definition) is 3. The monoisotopic (exact) mass is 246 g/mol. The zero-order valence-corrected chi connectivity index (χ0v) is 11.5. The number of fused-ring (bicyclic) bond motifs is 1. The zero-order valence-electron chi connectivity index (χ0n) is 11.5. The van der Waals surface area contributed by atoms with Crippen LogP contribution in [-0.4, -0.2) is 20.6 Å². The van der Waals surface area contributed by atoms with Gasteiger partial charge in [0.2, 0.25) is 0 Å². The Morgan fingerprint density at radius 1 is 1.33 bits per heavy atom. The van der Waals surface area contributed by atoms with Crippen LogP contribution in [0.3, 0.4) is 0 Å². The van der Waals surface area contributed by atoms with E-state index in [1.54, 1.807) is 0 Å². The molecule has 0 saturated heterocycles. The van der Waals surface area contributed by atoms with Crippen LogP contribution in [0.2, 0.25) is 0 Å². The number of aryl methyl sites for hydroxylation is 1. The summed E-state index contributed by atoms with van der Waals surface area (Å²) in [7, 11) is 2.00. The summed E-state index contributed by atoms with van der Waals surface area (Å²) >= 11 is 0. The molecule has 0 spiro atoms. The molecule has 4 nitrogen and oxygen atoms in total. The largest absolute Gasteiger partial charge is 0.366 e. The van der Waals surface area contributed by atoms with Crippen molar-refractivity contribution in [2.24, 2.45) is 7.05 Å². The van der Waals surface area contributed by atoms with Crippen molar-refractivity contribution in [3.8, 4) is 0 Å². The number of hydrogen-bond donors (Lipinski definition) is 1. The summed E-state index contributed by atoms with van der Waals surface area (Å²) in [5, 5.41) is 3.47. The van der Waals surface area contributed by atoms with Crippen molar-refractivity contribution in [3.05, 3.63) is 18.6 Å². The molecule has 0 aliphatic rings. The van der Waals surface area contributed by atoms with Gasteiger partial charge in [-0.3, -0.25) is 0 Å². The Bertz CT molecular complexity index is 503. The Morgan fingerprint density at radius 2 is 2.17 bits per heavy atom. The van der Waals surface area contributed by atoms with E-state index in [0.29, 0.717) is 6.04 Å². The highest BCUT2D eigenvalue weighted by Crippen LogP contribution is 2.20. The van der Waals surface area contributed by atoms with Crippen LogP contribution >= 0.6 is 0 Å². The fourth-order valence-corrected chi connectivity index (χ4v) is 2.17. The summed E-state index contributed by atoms with van der Waals surface area (Å²) in [6, 6.07) is 2.44. The fraction of sp³-hybridized carbons (Fsp3) is 0.571. The van der Waals surface area contributed by atoms with E-state index >= 15 is 0 Å². The average molecular weight is 246 g/mol. The van der Waals surface area contributed by atoms with E-state index < -0.39 is 0 Å². The maximum atomic E-state index is 4.41. The number of unbranched alkanes of at least 4 members (excludes halogenated alkanes) is 2. The van der Waals surface area contributed by atoms with Crippen molar-refractivity contribution in [1.82, 2.24) is 14.5 Å². The van der Waals surface area contributed by atoms with Crippen molar-refractivity contribution in [3.63, 3.8) is 0 Å². The van der Waals surface area contributed by atoms with Crippen LogP contribution in [0, 0.1) is 0 Å². The summed E-state index contributed by atoms with van der Waals surface area (Å²) in [5.41, 5.74) is 2.08. The normalized spacial score (nSPS) is 12.8. The third-order valence-corrected chi connectivity index (χ3v) is 3.27. The molecule has 2 aromatic rings. The maximum Gasteiger partial charge on any atom is 0.154 e. The molecule has 4 heteroatoms. The molecular weight excluding hydrogens is 224 g/mol. The van der Waals surface area contributed by atoms with Gasteiger partial charge in [-0.15, -0.1) is 0 Å². The predicted octanol–water partition coefficient (Wildman–Crippen LogP) is 3.35. The predicted molar refractivity (Wildman–Crippen MR) is 75.7 cm³/mol. The summed E-state index contributed by atoms with van der Waals surface area (Å²) < 4.78 is 2.02. The molecule has 0 radical (unpaired) electrons. The highest BCUT2D eigenvalue weighted by atomic mass is 15.1. The van der Waals surface area contributed by atoms with E-state index in [4.69, 9.17) is 0 Å². The van der Waals surface area contributed by atoms with Gasteiger partial charge >= 0.3 is 0 Å². The third kappa shape index (κ3) is 2.81. The van der Waals surface area contributed by atoms with Gasteiger partial charge in [-0.25, -0.2) is 9.97 Å². The second kappa shape index (κ2) is 5.85. The molecule has 2 heterocycles. The number of anilines is 1. The lowest BCUT2D eigenvalue weighted by Crippen LogP contribution is -2.16. The molecule has 0 aromatic carbocycles. The van der Waals surface area contributed by atoms with Crippen molar-refractivity contribution < 1.29 is 0 Å². The van der Waals surface area contributed by atoms with E-state index in [2.05, 4.69) is 29.1 Å². The van der Waals surface area contributed by atoms with E-state index in [9.17, 15) is 0 Å². The fourth-order valence-electron chi connectivity index (χ4n) is 2.17. The van der Waals surface area contributed by atoms with Crippen LogP contribution in [0.4, 0.5) is 5.82 Å². The summed E-state index contributed by atoms with van der Waals surface area (Å²) in [6.45, 7) is 4.44. The minimum absolute atomic E-state index is 0.441. The lowest BCUT2D eigenvalue weighted by Gasteiger charge is -2.14. The molecule has 0 amide bonds. The van der Waals surface area contributed by atoms with Gasteiger partial charge in [0, 0.05) is 19.3 Å². The third-order valence-electron chi connectivity index (χ3n) is 3.27. The standard InChI is InChI=1S/C14H22N4/c1-4-5-6-7-11(2)17-14-13-12(8-9-15-14)18(3)10-16-13/h8-11H,4-7H2,1-3H3,(H,15,17). The Kier molecular flexibility index (Phi) is 4.18. The lowest BCUT2D eigenvalue weighted by atomic mass is 10.1. The first-order chi connectivity index (χ1) is 8.72. The topological polar surface area (TPSA) is 42.7 Å². The Morgan fingerprint density at radius 3 is 2.94 bits per heavy atom. The Labute approximate surface area is 108 Å². The number of aromatic nitrogens is 3. The molecule has 2 rings (SSSR count). The number of imidazole rings is 1. The number of nitrogens with one attached hydrogen (secondary N) is 1. The van der Waals surface area contributed by atoms with Crippen molar-refractivity contribution >= 4 is 16.9 Å². The van der Waals surface area contributed by atoms with E-state index in [1.807, 2.05) is 30.2 Å². The average Bonchev–Trinajstić information content (AvgIpc) is 2.73. The van der Waals surface area contributed by atoms with E-state index in [-0.39, 0.29) is 0 Å². The van der Waals surface area contributed by atoms with Crippen LogP contribution in [0.15, 0.2) is 18.6 Å². The molecule has 1 N–H and O–H groups in total. The molecule has 0 fully saturated rings. The second-order valence-corrected chi connectivity index (χ2v) is 4.92. The van der Waals surface area contributed by atoms with E-state index in [1.165, 1.54) is 25.7 Å². The first-order valence-corrected chi connectivity index (χ1v) is 6.75. The van der Waals surface area contributed by atoms with Gasteiger partial charge < -0.3 is 9.88 Å². The number of nitrogens with zero attached hydrogens (tertiary/aromatic N) is 3. The molecule has 0 saturated carbocycles. The summed E-state index contributed by atoms with van der Waals surface area (Å²) in [6.07, 6.45) is 8.68. The van der Waals surface area contributed by atoms with Gasteiger partial charge in [0.25, 0.3) is 0 Å². The van der Waals surface area contributed by atoms with Crippen LogP contribution in [0.5, 0.6) is 0 Å². The maximum absolute atomic E-state index is 4.41. The highest BCUT2D eigenvalue weighted by Gasteiger charge is 2.09. The highest BCUT2D eigenvalue weighted by molar-refractivity contribution is 5.85. The van der Waals surface area contributed by atoms with Crippen molar-refractivity contribution in [2.75, 3.05) is 5.32 Å². The molecule has 98 valence electrons. The van der Waals surface area contributed by atoms with Gasteiger partial charge in [0.15, 0.2) is 5.82 Å². The smallest absolute Gasteiger partial charge is 0.154 e. The van der Waals surface area contributed by atoms with Crippen LogP contribution < -0.4 is 5.32 Å². The SMILES string of the molecule is CCCCCC(C)Nc1nccc2c1ncn2C. The Hall–Kier alpha value is -1.58. The summed E-state index contributed by atoms with van der Waals surface area (Å²) in [4.78, 5) is 8.81. The van der Waals surface area contributed by atoms with Crippen molar-refractivity contribution in [1.29, 1.82) is 0 Å². The summed E-state index contributed by atoms with van der Waals surface area (Å²) in [5.74, 6) is 0.900. The van der Waals surface area contributed by atoms with Gasteiger partial charge in [0.1, 0.15) is 5.52 Å². The van der Waals surface area contributed by atoms with Crippen LogP contribution in [-0.2, 0) is 7.05 Å². The van der Waals surface area contributed by atoms with Gasteiger partial charge in [-0.1, -0.05) is 26.2 Å². The number of pyridine rings is 1. The minimum atomic E-state index is 0.441. The number of rotatable bonds is 6. The first kappa shape index (κ1) is 12.9. The second-order valence-electron chi connectivity index (χ2n) is 4.92. The molecule has 0 bridgehead atoms. The molecule has 0 aliphatic carbocycles. The minimum Gasteiger partial charge on any atom is -0.366 e. The Balaban J connectivity index is 2.07. The molecule has 0 aliphatic heterocycles. The van der Waals surface area contributed by atoms with Gasteiger partial charge in [-0.05, 0) is 19.4 Å². The van der Waals surface area contributed by atoms with Crippen molar-refractivity contribution in [2.45, 2.75) is 45.6 Å². The molecule has 1 unspecified atom stereocenters. The quantitative estimate of drug-likeness (QED) is 0.795. The van der Waals surface area contributed by atoms with Crippen LogP contribution in [0.25, 0.3) is 11.0 Å². The molecule has 18 heavy (non-hydrogen) atoms.